The molecule has 0 saturated carbocycles. The summed E-state index contributed by atoms with van der Waals surface area (Å²) in [6, 6.07) is 7.26. The van der Waals surface area contributed by atoms with Crippen LogP contribution in [0.1, 0.15) is 42.8 Å². The SMILES string of the molecule is CCCC(C)(NC(=O)c1cc2cccc(C)c2o1)C(=O)O. The number of furan rings is 1. The van der Waals surface area contributed by atoms with Gasteiger partial charge in [-0.2, -0.15) is 0 Å². The number of benzene rings is 1. The Morgan fingerprint density at radius 3 is 2.67 bits per heavy atom. The fourth-order valence-electron chi connectivity index (χ4n) is 2.36. The minimum absolute atomic E-state index is 0.128. The molecule has 5 heteroatoms. The van der Waals surface area contributed by atoms with Crippen LogP contribution in [-0.4, -0.2) is 22.5 Å². The molecule has 5 nitrogen and oxygen atoms in total. The molecule has 1 atom stereocenters. The zero-order chi connectivity index (χ0) is 15.6. The van der Waals surface area contributed by atoms with Crippen LogP contribution in [0, 0.1) is 6.92 Å². The Balaban J connectivity index is 2.30. The second-order valence-electron chi connectivity index (χ2n) is 5.45. The summed E-state index contributed by atoms with van der Waals surface area (Å²) in [6.07, 6.45) is 1.01. The van der Waals surface area contributed by atoms with Crippen molar-refractivity contribution < 1.29 is 19.1 Å². The Bertz CT molecular complexity index is 689. The van der Waals surface area contributed by atoms with Gasteiger partial charge >= 0.3 is 5.97 Å². The van der Waals surface area contributed by atoms with E-state index in [-0.39, 0.29) is 5.76 Å². The van der Waals surface area contributed by atoms with Crippen molar-refractivity contribution in [1.29, 1.82) is 0 Å². The predicted molar refractivity (Wildman–Crippen MR) is 79.4 cm³/mol. The van der Waals surface area contributed by atoms with Crippen LogP contribution in [0.15, 0.2) is 28.7 Å². The standard InChI is InChI=1S/C16H19NO4/c1-4-8-16(3,15(19)20)17-14(18)12-9-11-7-5-6-10(2)13(11)21-12/h5-7,9H,4,8H2,1-3H3,(H,17,18)(H,19,20). The maximum atomic E-state index is 12.3. The van der Waals surface area contributed by atoms with E-state index in [2.05, 4.69) is 5.32 Å². The molecule has 0 aliphatic rings. The lowest BCUT2D eigenvalue weighted by atomic mass is 9.96. The fraction of sp³-hybridized carbons (Fsp3) is 0.375. The highest BCUT2D eigenvalue weighted by Gasteiger charge is 2.34. The second-order valence-corrected chi connectivity index (χ2v) is 5.45. The average molecular weight is 289 g/mol. The minimum Gasteiger partial charge on any atom is -0.480 e. The van der Waals surface area contributed by atoms with Gasteiger partial charge in [-0.25, -0.2) is 4.79 Å². The van der Waals surface area contributed by atoms with E-state index in [9.17, 15) is 14.7 Å². The molecule has 1 amide bonds. The molecular weight excluding hydrogens is 270 g/mol. The first-order valence-corrected chi connectivity index (χ1v) is 6.92. The highest BCUT2D eigenvalue weighted by Crippen LogP contribution is 2.23. The largest absolute Gasteiger partial charge is 0.480 e. The lowest BCUT2D eigenvalue weighted by molar-refractivity contribution is -0.144. The zero-order valence-electron chi connectivity index (χ0n) is 12.4. The highest BCUT2D eigenvalue weighted by atomic mass is 16.4. The first-order valence-electron chi connectivity index (χ1n) is 6.92. The molecule has 1 aromatic carbocycles. The first-order chi connectivity index (χ1) is 9.87. The Kier molecular flexibility index (Phi) is 4.02. The lowest BCUT2D eigenvalue weighted by Gasteiger charge is -2.25. The van der Waals surface area contributed by atoms with Crippen LogP contribution < -0.4 is 5.32 Å². The number of carbonyl (C=O) groups is 2. The highest BCUT2D eigenvalue weighted by molar-refractivity contribution is 5.99. The molecule has 0 aliphatic carbocycles. The zero-order valence-corrected chi connectivity index (χ0v) is 12.4. The summed E-state index contributed by atoms with van der Waals surface area (Å²) in [5.74, 6) is -1.43. The number of carboxylic acid groups (broad SMARTS) is 1. The monoisotopic (exact) mass is 289 g/mol. The van der Waals surface area contributed by atoms with Crippen molar-refractivity contribution >= 4 is 22.8 Å². The Labute approximate surface area is 122 Å². The molecule has 21 heavy (non-hydrogen) atoms. The van der Waals surface area contributed by atoms with E-state index >= 15 is 0 Å². The van der Waals surface area contributed by atoms with Gasteiger partial charge in [0.15, 0.2) is 5.76 Å². The molecule has 2 rings (SSSR count). The normalized spacial score (nSPS) is 13.9. The molecule has 1 heterocycles. The number of rotatable bonds is 5. The van der Waals surface area contributed by atoms with Crippen LogP contribution in [0.5, 0.6) is 0 Å². The van der Waals surface area contributed by atoms with Gasteiger partial charge in [-0.15, -0.1) is 0 Å². The van der Waals surface area contributed by atoms with Gasteiger partial charge in [0.1, 0.15) is 11.1 Å². The van der Waals surface area contributed by atoms with E-state index in [1.807, 2.05) is 32.0 Å². The van der Waals surface area contributed by atoms with E-state index in [1.54, 1.807) is 6.07 Å². The molecule has 1 aromatic heterocycles. The van der Waals surface area contributed by atoms with Gasteiger partial charge in [0.25, 0.3) is 5.91 Å². The van der Waals surface area contributed by atoms with Crippen molar-refractivity contribution in [3.63, 3.8) is 0 Å². The number of hydrogen-bond donors (Lipinski definition) is 2. The number of carbonyl (C=O) groups excluding carboxylic acids is 1. The Morgan fingerprint density at radius 1 is 1.38 bits per heavy atom. The number of amides is 1. The lowest BCUT2D eigenvalue weighted by Crippen LogP contribution is -2.52. The van der Waals surface area contributed by atoms with Crippen LogP contribution in [0.4, 0.5) is 0 Å². The Hall–Kier alpha value is -2.30. The van der Waals surface area contributed by atoms with Crippen molar-refractivity contribution in [2.45, 2.75) is 39.2 Å². The molecule has 0 aliphatic heterocycles. The van der Waals surface area contributed by atoms with Gasteiger partial charge in [0, 0.05) is 5.39 Å². The molecule has 0 spiro atoms. The van der Waals surface area contributed by atoms with Crippen LogP contribution in [0.3, 0.4) is 0 Å². The van der Waals surface area contributed by atoms with Crippen molar-refractivity contribution in [3.8, 4) is 0 Å². The van der Waals surface area contributed by atoms with Crippen molar-refractivity contribution in [3.05, 3.63) is 35.6 Å². The number of hydrogen-bond acceptors (Lipinski definition) is 3. The number of nitrogens with one attached hydrogen (secondary N) is 1. The third-order valence-electron chi connectivity index (χ3n) is 3.58. The van der Waals surface area contributed by atoms with E-state index in [4.69, 9.17) is 4.42 Å². The summed E-state index contributed by atoms with van der Waals surface area (Å²) >= 11 is 0. The molecule has 0 radical (unpaired) electrons. The van der Waals surface area contributed by atoms with Crippen molar-refractivity contribution in [2.75, 3.05) is 0 Å². The summed E-state index contributed by atoms with van der Waals surface area (Å²) in [7, 11) is 0. The summed E-state index contributed by atoms with van der Waals surface area (Å²) in [5, 5.41) is 12.7. The van der Waals surface area contributed by atoms with Crippen LogP contribution in [0.2, 0.25) is 0 Å². The van der Waals surface area contributed by atoms with Gasteiger partial charge in [0.2, 0.25) is 0 Å². The maximum absolute atomic E-state index is 12.3. The number of aryl methyl sites for hydroxylation is 1. The second kappa shape index (κ2) is 5.60. The molecular formula is C16H19NO4. The number of fused-ring (bicyclic) bond motifs is 1. The van der Waals surface area contributed by atoms with Gasteiger partial charge in [-0.1, -0.05) is 31.5 Å². The minimum atomic E-state index is -1.29. The van der Waals surface area contributed by atoms with Gasteiger partial charge in [0.05, 0.1) is 0 Å². The van der Waals surface area contributed by atoms with Crippen molar-refractivity contribution in [2.24, 2.45) is 0 Å². The van der Waals surface area contributed by atoms with E-state index in [0.29, 0.717) is 18.4 Å². The van der Waals surface area contributed by atoms with Crippen LogP contribution in [-0.2, 0) is 4.79 Å². The van der Waals surface area contributed by atoms with Gasteiger partial charge in [-0.05, 0) is 31.9 Å². The molecule has 2 N–H and O–H groups in total. The molecule has 2 aromatic rings. The maximum Gasteiger partial charge on any atom is 0.329 e. The van der Waals surface area contributed by atoms with E-state index < -0.39 is 17.4 Å². The number of aliphatic carboxylic acids is 1. The first kappa shape index (κ1) is 15.1. The van der Waals surface area contributed by atoms with E-state index in [0.717, 1.165) is 10.9 Å². The summed E-state index contributed by atoms with van der Waals surface area (Å²) < 4.78 is 5.56. The van der Waals surface area contributed by atoms with Crippen LogP contribution in [0.25, 0.3) is 11.0 Å². The molecule has 0 bridgehead atoms. The Morgan fingerprint density at radius 2 is 2.10 bits per heavy atom. The molecule has 112 valence electrons. The van der Waals surface area contributed by atoms with Crippen molar-refractivity contribution in [1.82, 2.24) is 5.32 Å². The summed E-state index contributed by atoms with van der Waals surface area (Å²) in [5.41, 5.74) is 0.288. The van der Waals surface area contributed by atoms with Crippen LogP contribution >= 0.6 is 0 Å². The fourth-order valence-corrected chi connectivity index (χ4v) is 2.36. The van der Waals surface area contributed by atoms with Gasteiger partial charge < -0.3 is 14.8 Å². The number of para-hydroxylation sites is 1. The third-order valence-corrected chi connectivity index (χ3v) is 3.58. The van der Waals surface area contributed by atoms with E-state index in [1.165, 1.54) is 6.92 Å². The van der Waals surface area contributed by atoms with Gasteiger partial charge in [-0.3, -0.25) is 4.79 Å². The average Bonchev–Trinajstić information content (AvgIpc) is 2.84. The third kappa shape index (κ3) is 2.91. The number of carboxylic acids is 1. The topological polar surface area (TPSA) is 79.5 Å². The quantitative estimate of drug-likeness (QED) is 0.886. The molecule has 0 fully saturated rings. The smallest absolute Gasteiger partial charge is 0.329 e. The summed E-state index contributed by atoms with van der Waals surface area (Å²) in [6.45, 7) is 5.27. The summed E-state index contributed by atoms with van der Waals surface area (Å²) in [4.78, 5) is 23.6. The molecule has 1 unspecified atom stereocenters. The molecule has 0 saturated heterocycles. The predicted octanol–water partition coefficient (Wildman–Crippen LogP) is 3.11.